The number of benzene rings is 1. The highest BCUT2D eigenvalue weighted by Gasteiger charge is 2.30. The quantitative estimate of drug-likeness (QED) is 0.768. The van der Waals surface area contributed by atoms with Gasteiger partial charge in [0.1, 0.15) is 5.75 Å². The zero-order valence-corrected chi connectivity index (χ0v) is 12.2. The van der Waals surface area contributed by atoms with E-state index in [4.69, 9.17) is 4.74 Å². The van der Waals surface area contributed by atoms with E-state index in [-0.39, 0.29) is 18.3 Å². The Morgan fingerprint density at radius 3 is 2.05 bits per heavy atom. The Balaban J connectivity index is 2.56. The summed E-state index contributed by atoms with van der Waals surface area (Å²) in [4.78, 5) is 13.6. The predicted octanol–water partition coefficient (Wildman–Crippen LogP) is 3.73. The fourth-order valence-corrected chi connectivity index (χ4v) is 1.88. The molecular weight excluding hydrogens is 283 g/mol. The number of rotatable bonds is 7. The molecule has 0 aliphatic rings. The van der Waals surface area contributed by atoms with E-state index >= 15 is 0 Å². The molecule has 0 radical (unpaired) electrons. The molecule has 1 amide bonds. The smallest absolute Gasteiger partial charge is 0.416 e. The summed E-state index contributed by atoms with van der Waals surface area (Å²) in [6.45, 7) is 5.11. The van der Waals surface area contributed by atoms with Crippen LogP contribution in [0.4, 0.5) is 13.2 Å². The fraction of sp³-hybridized carbons (Fsp3) is 0.533. The van der Waals surface area contributed by atoms with E-state index < -0.39 is 11.7 Å². The number of halogens is 3. The molecule has 0 unspecified atom stereocenters. The number of ether oxygens (including phenoxy) is 1. The van der Waals surface area contributed by atoms with Crippen molar-refractivity contribution in [1.82, 2.24) is 4.90 Å². The molecule has 0 N–H and O–H groups in total. The molecular formula is C15H20F3NO2. The molecule has 0 aliphatic heterocycles. The summed E-state index contributed by atoms with van der Waals surface area (Å²) < 4.78 is 42.5. The van der Waals surface area contributed by atoms with Crippen molar-refractivity contribution in [3.63, 3.8) is 0 Å². The number of nitrogens with zero attached hydrogens (tertiary/aromatic N) is 1. The Hall–Kier alpha value is -1.72. The summed E-state index contributed by atoms with van der Waals surface area (Å²) >= 11 is 0. The minimum Gasteiger partial charge on any atom is -0.484 e. The number of hydrogen-bond donors (Lipinski definition) is 0. The average molecular weight is 303 g/mol. The first-order chi connectivity index (χ1) is 9.88. The van der Waals surface area contributed by atoms with Gasteiger partial charge in [0.05, 0.1) is 5.56 Å². The summed E-state index contributed by atoms with van der Waals surface area (Å²) in [5.74, 6) is 0.0999. The lowest BCUT2D eigenvalue weighted by atomic mass is 10.2. The van der Waals surface area contributed by atoms with Gasteiger partial charge in [0, 0.05) is 13.1 Å². The fourth-order valence-electron chi connectivity index (χ4n) is 1.88. The Bertz CT molecular complexity index is 437. The third-order valence-corrected chi connectivity index (χ3v) is 2.88. The lowest BCUT2D eigenvalue weighted by Gasteiger charge is -2.21. The molecule has 0 saturated heterocycles. The molecule has 6 heteroatoms. The van der Waals surface area contributed by atoms with Crippen LogP contribution in [0.2, 0.25) is 0 Å². The maximum Gasteiger partial charge on any atom is 0.416 e. The van der Waals surface area contributed by atoms with Crippen LogP contribution >= 0.6 is 0 Å². The molecule has 3 nitrogen and oxygen atoms in total. The normalized spacial score (nSPS) is 11.3. The first kappa shape index (κ1) is 17.3. The van der Waals surface area contributed by atoms with Crippen molar-refractivity contribution >= 4 is 5.91 Å². The Morgan fingerprint density at radius 1 is 1.10 bits per heavy atom. The van der Waals surface area contributed by atoms with Gasteiger partial charge in [-0.2, -0.15) is 13.2 Å². The summed E-state index contributed by atoms with van der Waals surface area (Å²) in [7, 11) is 0. The van der Waals surface area contributed by atoms with Crippen molar-refractivity contribution in [2.24, 2.45) is 0 Å². The molecule has 0 aromatic heterocycles. The van der Waals surface area contributed by atoms with E-state index in [0.717, 1.165) is 25.0 Å². The van der Waals surface area contributed by atoms with Gasteiger partial charge in [-0.05, 0) is 37.1 Å². The molecule has 118 valence electrons. The SMILES string of the molecule is CCCN(CCC)C(=O)COc1ccc(C(F)(F)F)cc1. The highest BCUT2D eigenvalue weighted by atomic mass is 19.4. The number of carbonyl (C=O) groups excluding carboxylic acids is 1. The van der Waals surface area contributed by atoms with Crippen LogP contribution in [0.5, 0.6) is 5.75 Å². The summed E-state index contributed by atoms with van der Waals surface area (Å²) in [6, 6.07) is 4.32. The topological polar surface area (TPSA) is 29.5 Å². The Labute approximate surface area is 122 Å². The molecule has 0 heterocycles. The molecule has 21 heavy (non-hydrogen) atoms. The lowest BCUT2D eigenvalue weighted by molar-refractivity contribution is -0.137. The van der Waals surface area contributed by atoms with Gasteiger partial charge in [-0.1, -0.05) is 13.8 Å². The average Bonchev–Trinajstić information content (AvgIpc) is 2.44. The zero-order valence-electron chi connectivity index (χ0n) is 12.2. The molecule has 1 aromatic carbocycles. The number of amides is 1. The van der Waals surface area contributed by atoms with Crippen LogP contribution in [-0.2, 0) is 11.0 Å². The molecule has 0 spiro atoms. The van der Waals surface area contributed by atoms with Crippen molar-refractivity contribution in [3.05, 3.63) is 29.8 Å². The maximum atomic E-state index is 12.4. The molecule has 1 rings (SSSR count). The van der Waals surface area contributed by atoms with Crippen LogP contribution in [-0.4, -0.2) is 30.5 Å². The van der Waals surface area contributed by atoms with Gasteiger partial charge in [-0.3, -0.25) is 4.79 Å². The highest BCUT2D eigenvalue weighted by Crippen LogP contribution is 2.30. The standard InChI is InChI=1S/C15H20F3NO2/c1-3-9-19(10-4-2)14(20)11-21-13-7-5-12(6-8-13)15(16,17)18/h5-8H,3-4,9-11H2,1-2H3. The monoisotopic (exact) mass is 303 g/mol. The van der Waals surface area contributed by atoms with Crippen molar-refractivity contribution in [1.29, 1.82) is 0 Å². The molecule has 0 fully saturated rings. The second-order valence-corrected chi connectivity index (χ2v) is 4.69. The van der Waals surface area contributed by atoms with Gasteiger partial charge in [0.25, 0.3) is 5.91 Å². The van der Waals surface area contributed by atoms with Crippen molar-refractivity contribution in [2.45, 2.75) is 32.9 Å². The molecule has 0 saturated carbocycles. The zero-order chi connectivity index (χ0) is 15.9. The predicted molar refractivity (Wildman–Crippen MR) is 74.1 cm³/mol. The first-order valence-corrected chi connectivity index (χ1v) is 6.96. The maximum absolute atomic E-state index is 12.4. The third-order valence-electron chi connectivity index (χ3n) is 2.88. The molecule has 0 bridgehead atoms. The van der Waals surface area contributed by atoms with E-state index in [9.17, 15) is 18.0 Å². The van der Waals surface area contributed by atoms with Gasteiger partial charge in [-0.25, -0.2) is 0 Å². The highest BCUT2D eigenvalue weighted by molar-refractivity contribution is 5.77. The van der Waals surface area contributed by atoms with Crippen LogP contribution in [0, 0.1) is 0 Å². The summed E-state index contributed by atoms with van der Waals surface area (Å²) in [5.41, 5.74) is -0.736. The molecule has 0 aliphatic carbocycles. The van der Waals surface area contributed by atoms with Gasteiger partial charge < -0.3 is 9.64 Å². The Kier molecular flexibility index (Phi) is 6.52. The van der Waals surface area contributed by atoms with Gasteiger partial charge in [0.15, 0.2) is 6.61 Å². The Morgan fingerprint density at radius 2 is 1.62 bits per heavy atom. The van der Waals surface area contributed by atoms with Crippen LogP contribution < -0.4 is 4.74 Å². The van der Waals surface area contributed by atoms with Crippen LogP contribution in [0.25, 0.3) is 0 Å². The second kappa shape index (κ2) is 7.90. The minimum absolute atomic E-state index is 0.154. The van der Waals surface area contributed by atoms with Crippen LogP contribution in [0.1, 0.15) is 32.3 Å². The van der Waals surface area contributed by atoms with E-state index in [1.807, 2.05) is 13.8 Å². The van der Waals surface area contributed by atoms with E-state index in [1.165, 1.54) is 12.1 Å². The van der Waals surface area contributed by atoms with Gasteiger partial charge in [0.2, 0.25) is 0 Å². The second-order valence-electron chi connectivity index (χ2n) is 4.69. The lowest BCUT2D eigenvalue weighted by Crippen LogP contribution is -2.36. The van der Waals surface area contributed by atoms with Gasteiger partial charge in [-0.15, -0.1) is 0 Å². The summed E-state index contributed by atoms with van der Waals surface area (Å²) in [6.07, 6.45) is -2.66. The van der Waals surface area contributed by atoms with Crippen LogP contribution in [0.3, 0.4) is 0 Å². The molecule has 1 aromatic rings. The van der Waals surface area contributed by atoms with Crippen molar-refractivity contribution in [2.75, 3.05) is 19.7 Å². The first-order valence-electron chi connectivity index (χ1n) is 6.96. The van der Waals surface area contributed by atoms with E-state index in [1.54, 1.807) is 4.90 Å². The number of alkyl halides is 3. The number of carbonyl (C=O) groups is 1. The van der Waals surface area contributed by atoms with Crippen molar-refractivity contribution < 1.29 is 22.7 Å². The van der Waals surface area contributed by atoms with E-state index in [2.05, 4.69) is 0 Å². The largest absolute Gasteiger partial charge is 0.484 e. The van der Waals surface area contributed by atoms with Crippen molar-refractivity contribution in [3.8, 4) is 5.75 Å². The van der Waals surface area contributed by atoms with Crippen LogP contribution in [0.15, 0.2) is 24.3 Å². The third kappa shape index (κ3) is 5.65. The minimum atomic E-state index is -4.37. The molecule has 0 atom stereocenters. The number of hydrogen-bond acceptors (Lipinski definition) is 2. The summed E-state index contributed by atoms with van der Waals surface area (Å²) in [5, 5.41) is 0. The van der Waals surface area contributed by atoms with Gasteiger partial charge >= 0.3 is 6.18 Å². The van der Waals surface area contributed by atoms with E-state index in [0.29, 0.717) is 13.1 Å².